The number of fused-ring (bicyclic) bond motifs is 1. The fraction of sp³-hybridized carbons (Fsp3) is 0.538. The predicted octanol–water partition coefficient (Wildman–Crippen LogP) is 1.29. The van der Waals surface area contributed by atoms with Crippen LogP contribution in [0.4, 0.5) is 5.82 Å². The number of anilines is 1. The van der Waals surface area contributed by atoms with E-state index in [1.165, 1.54) is 5.06 Å². The van der Waals surface area contributed by atoms with E-state index in [0.717, 1.165) is 18.4 Å². The number of nitrogens with zero attached hydrogens (tertiary/aromatic N) is 3. The second-order valence-electron chi connectivity index (χ2n) is 5.02. The summed E-state index contributed by atoms with van der Waals surface area (Å²) in [7, 11) is 0. The second kappa shape index (κ2) is 4.82. The smallest absolute Gasteiger partial charge is 0.298 e. The van der Waals surface area contributed by atoms with Crippen molar-refractivity contribution in [3.8, 4) is 0 Å². The van der Waals surface area contributed by atoms with Crippen molar-refractivity contribution in [2.24, 2.45) is 5.92 Å². The van der Waals surface area contributed by atoms with Crippen molar-refractivity contribution in [3.05, 3.63) is 17.3 Å². The van der Waals surface area contributed by atoms with E-state index < -0.39 is 0 Å². The zero-order chi connectivity index (χ0) is 14.3. The molecule has 2 aliphatic rings. The normalized spacial score (nSPS) is 21.0. The van der Waals surface area contributed by atoms with Crippen molar-refractivity contribution >= 4 is 17.6 Å². The Bertz CT molecular complexity index is 571. The molecule has 0 radical (unpaired) electrons. The van der Waals surface area contributed by atoms with E-state index in [1.54, 1.807) is 6.07 Å². The maximum atomic E-state index is 12.1. The summed E-state index contributed by atoms with van der Waals surface area (Å²) in [6.07, 6.45) is 1.86. The molecular formula is C13H16N4O3. The Labute approximate surface area is 116 Å². The van der Waals surface area contributed by atoms with Gasteiger partial charge in [-0.1, -0.05) is 0 Å². The molecule has 0 aromatic carbocycles. The maximum absolute atomic E-state index is 12.1. The van der Waals surface area contributed by atoms with Crippen molar-refractivity contribution in [1.29, 1.82) is 0 Å². The molecule has 1 unspecified atom stereocenters. The molecule has 1 fully saturated rings. The van der Waals surface area contributed by atoms with E-state index in [-0.39, 0.29) is 29.5 Å². The molecule has 3 rings (SSSR count). The number of carbonyl (C=O) groups is 2. The van der Waals surface area contributed by atoms with Crippen LogP contribution in [0.3, 0.4) is 0 Å². The van der Waals surface area contributed by atoms with Gasteiger partial charge >= 0.3 is 0 Å². The van der Waals surface area contributed by atoms with E-state index in [2.05, 4.69) is 15.5 Å². The van der Waals surface area contributed by atoms with Gasteiger partial charge in [0.05, 0.1) is 12.6 Å². The molecule has 0 saturated heterocycles. The minimum Gasteiger partial charge on any atom is -0.309 e. The van der Waals surface area contributed by atoms with Crippen LogP contribution in [-0.2, 0) is 9.63 Å². The molecule has 1 aliphatic carbocycles. The third-order valence-electron chi connectivity index (χ3n) is 3.50. The van der Waals surface area contributed by atoms with Gasteiger partial charge in [-0.2, -0.15) is 0 Å². The van der Waals surface area contributed by atoms with Gasteiger partial charge in [0.2, 0.25) is 5.91 Å². The fourth-order valence-corrected chi connectivity index (χ4v) is 2.24. The van der Waals surface area contributed by atoms with Crippen molar-refractivity contribution < 1.29 is 14.4 Å². The zero-order valence-electron chi connectivity index (χ0n) is 11.4. The Balaban J connectivity index is 1.83. The number of carbonyl (C=O) groups excluding carboxylic acids is 2. The Morgan fingerprint density at radius 3 is 2.90 bits per heavy atom. The minimum absolute atomic E-state index is 0.0297. The molecule has 1 atom stereocenters. The van der Waals surface area contributed by atoms with Crippen molar-refractivity contribution in [3.63, 3.8) is 0 Å². The summed E-state index contributed by atoms with van der Waals surface area (Å²) in [4.78, 5) is 29.1. The molecule has 7 heteroatoms. The van der Waals surface area contributed by atoms with Crippen molar-refractivity contribution in [1.82, 2.24) is 15.3 Å². The summed E-state index contributed by atoms with van der Waals surface area (Å²) in [5, 5.41) is 11.8. The Kier molecular flexibility index (Phi) is 3.13. The molecule has 0 spiro atoms. The molecule has 0 bridgehead atoms. The van der Waals surface area contributed by atoms with Crippen LogP contribution in [0.25, 0.3) is 0 Å². The lowest BCUT2D eigenvalue weighted by molar-refractivity contribution is -0.136. The molecule has 20 heavy (non-hydrogen) atoms. The molecule has 1 aromatic heterocycles. The number of hydroxylamine groups is 2. The molecule has 7 nitrogen and oxygen atoms in total. The fourth-order valence-electron chi connectivity index (χ4n) is 2.24. The number of nitrogens with one attached hydrogen (secondary N) is 1. The zero-order valence-corrected chi connectivity index (χ0v) is 11.4. The van der Waals surface area contributed by atoms with Crippen LogP contribution in [0.5, 0.6) is 0 Å². The van der Waals surface area contributed by atoms with Crippen LogP contribution in [0.1, 0.15) is 48.8 Å². The quantitative estimate of drug-likeness (QED) is 0.895. The van der Waals surface area contributed by atoms with Gasteiger partial charge in [-0.3, -0.25) is 14.4 Å². The number of rotatable bonds is 4. The van der Waals surface area contributed by atoms with Crippen LogP contribution in [0, 0.1) is 5.92 Å². The van der Waals surface area contributed by atoms with Gasteiger partial charge in [-0.05, 0) is 32.8 Å². The predicted molar refractivity (Wildman–Crippen MR) is 69.6 cm³/mol. The molecule has 1 aromatic rings. The van der Waals surface area contributed by atoms with E-state index >= 15 is 0 Å². The van der Waals surface area contributed by atoms with E-state index in [9.17, 15) is 9.59 Å². The molecule has 1 saturated carbocycles. The largest absolute Gasteiger partial charge is 0.309 e. The highest BCUT2D eigenvalue weighted by molar-refractivity contribution is 5.97. The van der Waals surface area contributed by atoms with E-state index in [4.69, 9.17) is 4.84 Å². The van der Waals surface area contributed by atoms with Crippen LogP contribution in [0.15, 0.2) is 6.07 Å². The first-order chi connectivity index (χ1) is 9.61. The lowest BCUT2D eigenvalue weighted by Crippen LogP contribution is -2.27. The number of amides is 2. The first kappa shape index (κ1) is 13.0. The van der Waals surface area contributed by atoms with Gasteiger partial charge in [0.1, 0.15) is 0 Å². The van der Waals surface area contributed by atoms with Crippen LogP contribution >= 0.6 is 0 Å². The van der Waals surface area contributed by atoms with Gasteiger partial charge in [0, 0.05) is 11.5 Å². The third-order valence-corrected chi connectivity index (χ3v) is 3.50. The number of hydrogen-bond acceptors (Lipinski definition) is 5. The Hall–Kier alpha value is -2.02. The standard InChI is InChI=1S/C13H16N4O3/c1-3-20-17-7(2)9-6-10(14-12(18)8-4-5-8)15-16-11(9)13(17)19/h6-8H,3-5H2,1-2H3,(H,14,15,18). The van der Waals surface area contributed by atoms with Crippen molar-refractivity contribution in [2.75, 3.05) is 11.9 Å². The Morgan fingerprint density at radius 2 is 2.25 bits per heavy atom. The van der Waals surface area contributed by atoms with Crippen molar-refractivity contribution in [2.45, 2.75) is 32.7 Å². The molecule has 2 amide bonds. The highest BCUT2D eigenvalue weighted by atomic mass is 16.7. The summed E-state index contributed by atoms with van der Waals surface area (Å²) in [5.74, 6) is 0.169. The molecule has 2 heterocycles. The molecule has 106 valence electrons. The third kappa shape index (κ3) is 2.14. The minimum atomic E-state index is -0.290. The summed E-state index contributed by atoms with van der Waals surface area (Å²) >= 11 is 0. The monoisotopic (exact) mass is 276 g/mol. The van der Waals surface area contributed by atoms with Gasteiger partial charge < -0.3 is 5.32 Å². The molecule has 1 N–H and O–H groups in total. The lowest BCUT2D eigenvalue weighted by Gasteiger charge is -2.19. The maximum Gasteiger partial charge on any atom is 0.298 e. The summed E-state index contributed by atoms with van der Waals surface area (Å²) < 4.78 is 0. The average Bonchev–Trinajstić information content (AvgIpc) is 3.25. The second-order valence-corrected chi connectivity index (χ2v) is 5.02. The summed E-state index contributed by atoms with van der Waals surface area (Å²) in [6.45, 7) is 4.08. The van der Waals surface area contributed by atoms with Gasteiger partial charge in [-0.15, -0.1) is 10.2 Å². The van der Waals surface area contributed by atoms with Gasteiger partial charge in [0.25, 0.3) is 5.91 Å². The molecule has 1 aliphatic heterocycles. The SMILES string of the molecule is CCON1C(=O)c2nnc(NC(=O)C3CC3)cc2C1C. The van der Waals surface area contributed by atoms with Gasteiger partial charge in [-0.25, -0.2) is 5.06 Å². The van der Waals surface area contributed by atoms with Gasteiger partial charge in [0.15, 0.2) is 11.5 Å². The van der Waals surface area contributed by atoms with Crippen LogP contribution in [0.2, 0.25) is 0 Å². The number of aromatic nitrogens is 2. The first-order valence-corrected chi connectivity index (χ1v) is 6.76. The first-order valence-electron chi connectivity index (χ1n) is 6.76. The average molecular weight is 276 g/mol. The van der Waals surface area contributed by atoms with Crippen LogP contribution in [-0.4, -0.2) is 33.7 Å². The topological polar surface area (TPSA) is 84.4 Å². The summed E-state index contributed by atoms with van der Waals surface area (Å²) in [5.41, 5.74) is 1.01. The lowest BCUT2D eigenvalue weighted by atomic mass is 10.1. The van der Waals surface area contributed by atoms with Crippen LogP contribution < -0.4 is 5.32 Å². The highest BCUT2D eigenvalue weighted by Gasteiger charge is 2.37. The number of hydrogen-bond donors (Lipinski definition) is 1. The van der Waals surface area contributed by atoms with E-state index in [1.807, 2.05) is 13.8 Å². The summed E-state index contributed by atoms with van der Waals surface area (Å²) in [6, 6.07) is 1.47. The van der Waals surface area contributed by atoms with E-state index in [0.29, 0.717) is 12.4 Å². The highest BCUT2D eigenvalue weighted by Crippen LogP contribution is 2.34. The molecular weight excluding hydrogens is 260 g/mol. The Morgan fingerprint density at radius 1 is 1.50 bits per heavy atom.